The number of hydrogen-bond donors (Lipinski definition) is 0. The van der Waals surface area contributed by atoms with Crippen LogP contribution in [-0.4, -0.2) is 61.9 Å². The van der Waals surface area contributed by atoms with Gasteiger partial charge in [-0.1, -0.05) is 113 Å². The Morgan fingerprint density at radius 2 is 0.759 bits per heavy atom. The van der Waals surface area contributed by atoms with E-state index >= 15 is 0 Å². The summed E-state index contributed by atoms with van der Waals surface area (Å²) in [6, 6.07) is 37.4. The minimum absolute atomic E-state index is 0.305. The third-order valence-corrected chi connectivity index (χ3v) is 11.7. The Hall–Kier alpha value is -2.76. The van der Waals surface area contributed by atoms with E-state index in [0.717, 1.165) is 9.94 Å². The fourth-order valence-electron chi connectivity index (χ4n) is 5.77. The second kappa shape index (κ2) is 17.2. The molecule has 288 valence electrons. The van der Waals surface area contributed by atoms with E-state index in [4.69, 9.17) is 29.3 Å². The van der Waals surface area contributed by atoms with Gasteiger partial charge in [-0.15, -0.1) is 0 Å². The van der Waals surface area contributed by atoms with Gasteiger partial charge in [0.25, 0.3) is 0 Å². The van der Waals surface area contributed by atoms with Crippen LogP contribution in [0.1, 0.15) is 84.5 Å². The van der Waals surface area contributed by atoms with Crippen LogP contribution in [-0.2, 0) is 27.9 Å². The van der Waals surface area contributed by atoms with Gasteiger partial charge < -0.3 is 27.9 Å². The van der Waals surface area contributed by atoms with E-state index in [2.05, 4.69) is 129 Å². The molecule has 0 bridgehead atoms. The molecule has 0 unspecified atom stereocenters. The van der Waals surface area contributed by atoms with E-state index in [1.165, 1.54) is 22.3 Å². The SMILES string of the molecule is Brc1cccc(-c2ccccc2)c1.CC1(C)OB(B2OC(C)(C)C(C)(C)O2)OC1(C)C.CC1(C)OB(c2cccc(-c3ccccc3)c2)OC1(C)C.[2H]CF. The highest BCUT2D eigenvalue weighted by Crippen LogP contribution is 2.43. The van der Waals surface area contributed by atoms with Crippen LogP contribution in [0.5, 0.6) is 0 Å². The van der Waals surface area contributed by atoms with Crippen LogP contribution in [0.3, 0.4) is 0 Å². The summed E-state index contributed by atoms with van der Waals surface area (Å²) in [6.45, 7) is 24.5. The summed E-state index contributed by atoms with van der Waals surface area (Å²) in [5.41, 5.74) is 3.90. The molecule has 3 heterocycles. The highest BCUT2D eigenvalue weighted by atomic mass is 79.9. The second-order valence-electron chi connectivity index (χ2n) is 16.7. The summed E-state index contributed by atoms with van der Waals surface area (Å²) in [7, 11) is -2.26. The van der Waals surface area contributed by atoms with Crippen molar-refractivity contribution in [1.82, 2.24) is 0 Å². The predicted molar refractivity (Wildman–Crippen MR) is 226 cm³/mol. The highest BCUT2D eigenvalue weighted by Gasteiger charge is 2.63. The summed E-state index contributed by atoms with van der Waals surface area (Å²) in [5, 5.41) is 0. The van der Waals surface area contributed by atoms with E-state index in [1.54, 1.807) is 0 Å². The Kier molecular flexibility index (Phi) is 13.5. The molecule has 0 atom stereocenters. The molecule has 3 aliphatic rings. The van der Waals surface area contributed by atoms with Crippen molar-refractivity contribution in [3.05, 3.63) is 114 Å². The van der Waals surface area contributed by atoms with Crippen molar-refractivity contribution in [3.8, 4) is 22.3 Å². The van der Waals surface area contributed by atoms with Crippen molar-refractivity contribution in [3.63, 3.8) is 0 Å². The molecule has 11 heteroatoms. The molecule has 4 aromatic carbocycles. The zero-order chi connectivity index (χ0) is 40.9. The van der Waals surface area contributed by atoms with E-state index in [-0.39, 0.29) is 40.7 Å². The lowest BCUT2D eigenvalue weighted by Crippen LogP contribution is -2.41. The number of benzene rings is 4. The van der Waals surface area contributed by atoms with Crippen LogP contribution < -0.4 is 5.46 Å². The Bertz CT molecular complexity index is 1750. The van der Waals surface area contributed by atoms with E-state index in [0.29, 0.717) is 0 Å². The zero-order valence-electron chi connectivity index (χ0n) is 35.0. The summed E-state index contributed by atoms with van der Waals surface area (Å²) in [6.07, 6.45) is 0. The molecule has 3 aliphatic heterocycles. The standard InChI is InChI=1S/C18H21BO2.C12H24B2O4.C12H9Br.CH3F/c1-17(2)18(3,4)21-19(20-17)16-12-8-11-15(13-16)14-9-6-5-7-10-14;1-9(2)10(3,4)16-13(15-9)14-17-11(5,6)12(7,8)18-14;13-12-8-4-7-11(9-12)10-5-2-1-3-6-10;1-2/h5-13H,1-4H3;1-8H3;1-9H;1H3/i;;;1D. The maximum atomic E-state index is 9.96. The summed E-state index contributed by atoms with van der Waals surface area (Å²) in [4.78, 5) is 0. The van der Waals surface area contributed by atoms with Crippen LogP contribution in [0.4, 0.5) is 4.39 Å². The molecule has 3 fully saturated rings. The molecule has 0 N–H and O–H groups in total. The minimum Gasteiger partial charge on any atom is -0.405 e. The molecular weight excluding hydrogens is 744 g/mol. The van der Waals surface area contributed by atoms with Gasteiger partial charge in [0.2, 0.25) is 0 Å². The third-order valence-electron chi connectivity index (χ3n) is 11.2. The maximum Gasteiger partial charge on any atom is 0.494 e. The van der Waals surface area contributed by atoms with Crippen molar-refractivity contribution < 1.29 is 33.7 Å². The van der Waals surface area contributed by atoms with Gasteiger partial charge in [-0.3, -0.25) is 4.39 Å². The molecule has 6 nitrogen and oxygen atoms in total. The lowest BCUT2D eigenvalue weighted by Gasteiger charge is -2.32. The van der Waals surface area contributed by atoms with Gasteiger partial charge in [0.05, 0.1) is 42.1 Å². The molecular formula is C43H57B3BrFO6. The van der Waals surface area contributed by atoms with Gasteiger partial charge in [0.1, 0.15) is 0 Å². The zero-order valence-corrected chi connectivity index (χ0v) is 35.6. The van der Waals surface area contributed by atoms with Crippen molar-refractivity contribution in [1.29, 1.82) is 0 Å². The number of halogens is 2. The van der Waals surface area contributed by atoms with Gasteiger partial charge in [-0.2, -0.15) is 0 Å². The van der Waals surface area contributed by atoms with E-state index < -0.39 is 21.2 Å². The molecule has 4 aromatic rings. The molecule has 0 aliphatic carbocycles. The van der Waals surface area contributed by atoms with Gasteiger partial charge >= 0.3 is 21.1 Å². The molecule has 0 radical (unpaired) electrons. The van der Waals surface area contributed by atoms with Crippen molar-refractivity contribution in [2.24, 2.45) is 0 Å². The number of alkyl halides is 1. The van der Waals surface area contributed by atoms with Crippen LogP contribution >= 0.6 is 15.9 Å². The van der Waals surface area contributed by atoms with Gasteiger partial charge in [0.15, 0.2) is 0 Å². The van der Waals surface area contributed by atoms with Crippen molar-refractivity contribution >= 4 is 42.5 Å². The molecule has 54 heavy (non-hydrogen) atoms. The largest absolute Gasteiger partial charge is 0.494 e. The fourth-order valence-corrected chi connectivity index (χ4v) is 6.17. The van der Waals surface area contributed by atoms with Crippen LogP contribution in [0, 0.1) is 0 Å². The summed E-state index contributed by atoms with van der Waals surface area (Å²) < 4.78 is 52.7. The fraction of sp³-hybridized carbons (Fsp3) is 0.442. The van der Waals surface area contributed by atoms with Crippen LogP contribution in [0.25, 0.3) is 22.3 Å². The minimum atomic E-state index is -1.00. The lowest BCUT2D eigenvalue weighted by molar-refractivity contribution is 0.00578. The Balaban J connectivity index is 0.000000181. The Labute approximate surface area is 334 Å². The number of hydrogen-bond acceptors (Lipinski definition) is 6. The van der Waals surface area contributed by atoms with Crippen molar-refractivity contribution in [2.75, 3.05) is 7.15 Å². The maximum absolute atomic E-state index is 9.96. The first kappa shape index (κ1) is 42.4. The Morgan fingerprint density at radius 1 is 0.444 bits per heavy atom. The molecule has 0 aromatic heterocycles. The smallest absolute Gasteiger partial charge is 0.405 e. The van der Waals surface area contributed by atoms with Gasteiger partial charge in [-0.05, 0) is 123 Å². The number of rotatable bonds is 4. The van der Waals surface area contributed by atoms with Crippen LogP contribution in [0.2, 0.25) is 0 Å². The van der Waals surface area contributed by atoms with E-state index in [9.17, 15) is 4.39 Å². The molecule has 0 amide bonds. The molecule has 3 saturated heterocycles. The van der Waals surface area contributed by atoms with Crippen molar-refractivity contribution in [2.45, 2.75) is 117 Å². The molecule has 0 spiro atoms. The lowest BCUT2D eigenvalue weighted by atomic mass is 9.49. The van der Waals surface area contributed by atoms with Gasteiger partial charge in [0, 0.05) is 4.47 Å². The highest BCUT2D eigenvalue weighted by molar-refractivity contribution is 9.10. The topological polar surface area (TPSA) is 55.4 Å². The summed E-state index contributed by atoms with van der Waals surface area (Å²) in [5.74, 6) is 0. The quantitative estimate of drug-likeness (QED) is 0.192. The van der Waals surface area contributed by atoms with Gasteiger partial charge in [-0.25, -0.2) is 0 Å². The molecule has 7 rings (SSSR count). The monoisotopic (exact) mass is 801 g/mol. The molecule has 0 saturated carbocycles. The second-order valence-corrected chi connectivity index (χ2v) is 17.6. The first-order valence-corrected chi connectivity index (χ1v) is 19.2. The average molecular weight is 802 g/mol. The average Bonchev–Trinajstić information content (AvgIpc) is 3.59. The predicted octanol–water partition coefficient (Wildman–Crippen LogP) is 10.6. The normalized spacial score (nSPS) is 21.1. The van der Waals surface area contributed by atoms with Crippen LogP contribution in [0.15, 0.2) is 114 Å². The first-order valence-electron chi connectivity index (χ1n) is 19.1. The third kappa shape index (κ3) is 10.2. The Morgan fingerprint density at radius 3 is 1.13 bits per heavy atom. The first-order chi connectivity index (χ1) is 25.5. The summed E-state index contributed by atoms with van der Waals surface area (Å²) >= 11 is 3.46. The van der Waals surface area contributed by atoms with E-state index in [1.807, 2.05) is 79.7 Å².